The number of carbonyl (C=O) groups is 1. The minimum atomic E-state index is -0.482. The van der Waals surface area contributed by atoms with Gasteiger partial charge >= 0.3 is 0 Å². The van der Waals surface area contributed by atoms with Crippen LogP contribution < -0.4 is 20.3 Å². The number of halogens is 2. The molecule has 212 valence electrons. The maximum absolute atomic E-state index is 14.2. The molecule has 1 spiro atoms. The number of carbonyl (C=O) groups excluding carboxylic acids is 1. The minimum absolute atomic E-state index is 0. The van der Waals surface area contributed by atoms with Gasteiger partial charge in [0, 0.05) is 55.9 Å². The van der Waals surface area contributed by atoms with Crippen molar-refractivity contribution in [2.75, 3.05) is 29.9 Å². The van der Waals surface area contributed by atoms with Crippen molar-refractivity contribution in [1.29, 1.82) is 0 Å². The number of benzene rings is 2. The lowest BCUT2D eigenvalue weighted by Gasteiger charge is -2.59. The summed E-state index contributed by atoms with van der Waals surface area (Å²) in [5.74, 6) is 0.699. The van der Waals surface area contributed by atoms with Gasteiger partial charge in [0.25, 0.3) is 5.91 Å². The van der Waals surface area contributed by atoms with Crippen LogP contribution in [-0.4, -0.2) is 52.5 Å². The van der Waals surface area contributed by atoms with Crippen LogP contribution in [0.2, 0.25) is 0 Å². The van der Waals surface area contributed by atoms with Crippen molar-refractivity contribution in [3.05, 3.63) is 71.4 Å². The average molecular weight is 567 g/mol. The summed E-state index contributed by atoms with van der Waals surface area (Å²) in [6, 6.07) is 11.0. The fraction of sp³-hybridized carbons (Fsp3) is 0.433. The number of anilines is 2. The summed E-state index contributed by atoms with van der Waals surface area (Å²) in [7, 11) is 0. The highest BCUT2D eigenvalue weighted by atomic mass is 35.5. The van der Waals surface area contributed by atoms with Crippen LogP contribution in [0.3, 0.4) is 0 Å². The largest absolute Gasteiger partial charge is 0.451 e. The van der Waals surface area contributed by atoms with Gasteiger partial charge in [0.1, 0.15) is 17.9 Å². The second kappa shape index (κ2) is 11.2. The van der Waals surface area contributed by atoms with E-state index in [1.54, 1.807) is 11.1 Å². The molecule has 1 saturated heterocycles. The third-order valence-corrected chi connectivity index (χ3v) is 8.24. The van der Waals surface area contributed by atoms with Crippen LogP contribution in [0.15, 0.2) is 48.9 Å². The van der Waals surface area contributed by atoms with Crippen molar-refractivity contribution < 1.29 is 13.9 Å². The van der Waals surface area contributed by atoms with Gasteiger partial charge in [0.15, 0.2) is 11.6 Å². The molecule has 3 aromatic rings. The molecular weight excluding hydrogens is 531 g/mol. The van der Waals surface area contributed by atoms with E-state index in [4.69, 9.17) is 4.74 Å². The third-order valence-electron chi connectivity index (χ3n) is 8.24. The molecule has 8 nitrogen and oxygen atoms in total. The number of aromatic nitrogens is 2. The van der Waals surface area contributed by atoms with E-state index in [0.717, 1.165) is 39.0 Å². The summed E-state index contributed by atoms with van der Waals surface area (Å²) in [5.41, 5.74) is 4.49. The lowest BCUT2D eigenvalue weighted by molar-refractivity contribution is 0.0713. The minimum Gasteiger partial charge on any atom is -0.451 e. The van der Waals surface area contributed by atoms with Gasteiger partial charge in [-0.05, 0) is 69.0 Å². The summed E-state index contributed by atoms with van der Waals surface area (Å²) < 4.78 is 20.4. The van der Waals surface area contributed by atoms with E-state index in [0.29, 0.717) is 29.9 Å². The summed E-state index contributed by atoms with van der Waals surface area (Å²) in [4.78, 5) is 25.8. The van der Waals surface area contributed by atoms with Gasteiger partial charge < -0.3 is 25.2 Å². The number of hydrogen-bond acceptors (Lipinski definition) is 7. The van der Waals surface area contributed by atoms with Crippen molar-refractivity contribution >= 4 is 29.8 Å². The number of ether oxygens (including phenoxy) is 1. The first-order valence-corrected chi connectivity index (χ1v) is 13.8. The van der Waals surface area contributed by atoms with Gasteiger partial charge in [-0.3, -0.25) is 4.79 Å². The number of rotatable bonds is 8. The Balaban J connectivity index is 0.00000323. The fourth-order valence-electron chi connectivity index (χ4n) is 6.34. The number of hydrogen-bond donors (Lipinski definition) is 2. The molecule has 3 heterocycles. The monoisotopic (exact) mass is 566 g/mol. The Morgan fingerprint density at radius 2 is 2.02 bits per heavy atom. The molecule has 0 bridgehead atoms. The van der Waals surface area contributed by atoms with Gasteiger partial charge in [0.05, 0.1) is 11.8 Å². The maximum Gasteiger partial charge on any atom is 0.257 e. The average Bonchev–Trinajstić information content (AvgIpc) is 3.36. The molecule has 2 N–H and O–H groups in total. The number of amides is 1. The number of nitrogens with zero attached hydrogens (tertiary/aromatic N) is 4. The molecule has 40 heavy (non-hydrogen) atoms. The lowest BCUT2D eigenvalue weighted by Crippen LogP contribution is -2.65. The van der Waals surface area contributed by atoms with Crippen molar-refractivity contribution in [2.45, 2.75) is 58.8 Å². The number of fused-ring (bicyclic) bond motifs is 1. The Bertz CT molecular complexity index is 1390. The quantitative estimate of drug-likeness (QED) is 0.378. The van der Waals surface area contributed by atoms with E-state index in [1.165, 1.54) is 41.3 Å². The molecule has 2 aromatic carbocycles. The Morgan fingerprint density at radius 1 is 1.23 bits per heavy atom. The summed E-state index contributed by atoms with van der Waals surface area (Å²) in [6.45, 7) is 9.95. The zero-order valence-corrected chi connectivity index (χ0v) is 23.9. The topological polar surface area (TPSA) is 82.6 Å². The van der Waals surface area contributed by atoms with Crippen molar-refractivity contribution in [3.8, 4) is 11.5 Å². The summed E-state index contributed by atoms with van der Waals surface area (Å²) in [5, 5.41) is 7.21. The summed E-state index contributed by atoms with van der Waals surface area (Å²) >= 11 is 0. The predicted octanol–water partition coefficient (Wildman–Crippen LogP) is 5.38. The highest BCUT2D eigenvalue weighted by molar-refractivity contribution is 5.97. The normalized spacial score (nSPS) is 17.1. The molecule has 0 atom stereocenters. The van der Waals surface area contributed by atoms with E-state index in [9.17, 15) is 9.18 Å². The lowest BCUT2D eigenvalue weighted by atomic mass is 9.60. The van der Waals surface area contributed by atoms with E-state index in [-0.39, 0.29) is 35.3 Å². The molecule has 2 fully saturated rings. The highest BCUT2D eigenvalue weighted by Crippen LogP contribution is 2.51. The molecule has 3 aliphatic rings. The molecule has 10 heteroatoms. The van der Waals surface area contributed by atoms with E-state index in [2.05, 4.69) is 43.7 Å². The first-order valence-electron chi connectivity index (χ1n) is 13.8. The van der Waals surface area contributed by atoms with Crippen molar-refractivity contribution in [1.82, 2.24) is 20.2 Å². The van der Waals surface area contributed by atoms with Crippen LogP contribution in [0.1, 0.15) is 55.1 Å². The van der Waals surface area contributed by atoms with E-state index in [1.807, 2.05) is 20.8 Å². The highest BCUT2D eigenvalue weighted by Gasteiger charge is 2.53. The summed E-state index contributed by atoms with van der Waals surface area (Å²) in [6.07, 6.45) is 5.35. The molecule has 2 aliphatic heterocycles. The molecule has 1 aliphatic carbocycles. The van der Waals surface area contributed by atoms with Crippen LogP contribution in [0.5, 0.6) is 11.5 Å². The van der Waals surface area contributed by atoms with E-state index >= 15 is 0 Å². The first kappa shape index (κ1) is 28.1. The standard InChI is InChI=1S/C30H35FN6O2.ClH/c1-4-37(19(2)3)29(38)23-10-21(31)8-9-26(23)39-27-15-33-18-34-28(27)36-16-30(17-36)11-22(12-30)35-25-7-5-6-20-13-32-14-24(20)25;/h5-10,15,18-19,22,32,35H,4,11-14,16-17H2,1-3H3;1H. The maximum atomic E-state index is 14.2. The van der Waals surface area contributed by atoms with Crippen LogP contribution in [0.25, 0.3) is 0 Å². The zero-order valence-electron chi connectivity index (χ0n) is 23.1. The Labute approximate surface area is 240 Å². The van der Waals surface area contributed by atoms with Gasteiger partial charge in [0.2, 0.25) is 0 Å². The SMILES string of the molecule is CCN(C(=O)c1cc(F)ccc1Oc1cncnc1N1CC2(CC(Nc3cccc4c3CNC4)C2)C1)C(C)C.Cl. The van der Waals surface area contributed by atoms with Gasteiger partial charge in [-0.25, -0.2) is 14.4 Å². The molecule has 1 aromatic heterocycles. The molecular formula is C30H36ClFN6O2. The van der Waals surface area contributed by atoms with Crippen molar-refractivity contribution in [3.63, 3.8) is 0 Å². The Morgan fingerprint density at radius 3 is 2.77 bits per heavy atom. The van der Waals surface area contributed by atoms with Crippen LogP contribution >= 0.6 is 12.4 Å². The zero-order chi connectivity index (χ0) is 27.1. The van der Waals surface area contributed by atoms with Crippen LogP contribution in [0, 0.1) is 11.2 Å². The third kappa shape index (κ3) is 5.20. The van der Waals surface area contributed by atoms with Gasteiger partial charge in [-0.2, -0.15) is 0 Å². The van der Waals surface area contributed by atoms with E-state index < -0.39 is 5.82 Å². The van der Waals surface area contributed by atoms with Crippen LogP contribution in [0.4, 0.5) is 15.9 Å². The molecule has 0 unspecified atom stereocenters. The van der Waals surface area contributed by atoms with Gasteiger partial charge in [-0.1, -0.05) is 12.1 Å². The predicted molar refractivity (Wildman–Crippen MR) is 156 cm³/mol. The first-order chi connectivity index (χ1) is 18.9. The smallest absolute Gasteiger partial charge is 0.257 e. The Hall–Kier alpha value is -3.43. The van der Waals surface area contributed by atoms with Crippen LogP contribution in [-0.2, 0) is 13.1 Å². The Kier molecular flexibility index (Phi) is 7.88. The molecule has 6 rings (SSSR count). The molecule has 0 radical (unpaired) electrons. The molecule has 1 saturated carbocycles. The molecule has 1 amide bonds. The second-order valence-electron chi connectivity index (χ2n) is 11.3. The second-order valence-corrected chi connectivity index (χ2v) is 11.3. The number of nitrogens with one attached hydrogen (secondary N) is 2. The fourth-order valence-corrected chi connectivity index (χ4v) is 6.34. The van der Waals surface area contributed by atoms with Crippen molar-refractivity contribution in [2.24, 2.45) is 5.41 Å². The van der Waals surface area contributed by atoms with Gasteiger partial charge in [-0.15, -0.1) is 12.4 Å².